The summed E-state index contributed by atoms with van der Waals surface area (Å²) in [4.78, 5) is 27.4. The van der Waals surface area contributed by atoms with Gasteiger partial charge >= 0.3 is 0 Å². The molecule has 0 bridgehead atoms. The molecule has 6 nitrogen and oxygen atoms in total. The monoisotopic (exact) mass is 319 g/mol. The SMILES string of the molecule is CCc1ccccc1C(=O)N1CCOC(CN(C)CC(N)=O)C1. The summed E-state index contributed by atoms with van der Waals surface area (Å²) in [5, 5.41) is 0. The molecule has 0 radical (unpaired) electrons. The van der Waals surface area contributed by atoms with Gasteiger partial charge in [-0.3, -0.25) is 14.5 Å². The molecule has 0 aliphatic carbocycles. The summed E-state index contributed by atoms with van der Waals surface area (Å²) in [7, 11) is 1.82. The average molecular weight is 319 g/mol. The Morgan fingerprint density at radius 3 is 2.83 bits per heavy atom. The molecule has 1 aromatic rings. The first-order valence-electron chi connectivity index (χ1n) is 7.97. The summed E-state index contributed by atoms with van der Waals surface area (Å²) in [6.45, 7) is 4.43. The molecule has 1 heterocycles. The van der Waals surface area contributed by atoms with Gasteiger partial charge in [0.25, 0.3) is 5.91 Å². The van der Waals surface area contributed by atoms with Crippen LogP contribution in [-0.4, -0.2) is 67.6 Å². The van der Waals surface area contributed by atoms with Gasteiger partial charge in [0, 0.05) is 25.2 Å². The normalized spacial score (nSPS) is 18.2. The van der Waals surface area contributed by atoms with E-state index in [0.29, 0.717) is 26.2 Å². The summed E-state index contributed by atoms with van der Waals surface area (Å²) in [6.07, 6.45) is 0.725. The molecular weight excluding hydrogens is 294 g/mol. The maximum Gasteiger partial charge on any atom is 0.254 e. The minimum atomic E-state index is -0.367. The third kappa shape index (κ3) is 4.77. The number of primary amides is 1. The number of rotatable bonds is 6. The molecule has 1 fully saturated rings. The Bertz CT molecular complexity index is 562. The van der Waals surface area contributed by atoms with Gasteiger partial charge in [0.15, 0.2) is 0 Å². The second-order valence-electron chi connectivity index (χ2n) is 5.92. The molecule has 2 rings (SSSR count). The molecule has 2 amide bonds. The molecule has 23 heavy (non-hydrogen) atoms. The van der Waals surface area contributed by atoms with Gasteiger partial charge in [0.05, 0.1) is 19.3 Å². The van der Waals surface area contributed by atoms with Crippen molar-refractivity contribution in [2.24, 2.45) is 5.73 Å². The van der Waals surface area contributed by atoms with Crippen molar-refractivity contribution in [3.05, 3.63) is 35.4 Å². The number of carbonyl (C=O) groups excluding carboxylic acids is 2. The van der Waals surface area contributed by atoms with E-state index in [1.165, 1.54) is 0 Å². The Hall–Kier alpha value is -1.92. The Kier molecular flexibility index (Phi) is 6.12. The molecule has 0 aromatic heterocycles. The van der Waals surface area contributed by atoms with Crippen LogP contribution in [0, 0.1) is 0 Å². The summed E-state index contributed by atoms with van der Waals surface area (Å²) in [6, 6.07) is 7.72. The topological polar surface area (TPSA) is 75.9 Å². The molecule has 2 N–H and O–H groups in total. The summed E-state index contributed by atoms with van der Waals surface area (Å²) < 4.78 is 5.72. The molecule has 126 valence electrons. The van der Waals surface area contributed by atoms with Gasteiger partial charge < -0.3 is 15.4 Å². The third-order valence-corrected chi connectivity index (χ3v) is 4.00. The third-order valence-electron chi connectivity index (χ3n) is 4.00. The lowest BCUT2D eigenvalue weighted by Crippen LogP contribution is -2.50. The van der Waals surface area contributed by atoms with Crippen LogP contribution < -0.4 is 5.73 Å². The standard InChI is InChI=1S/C17H25N3O3/c1-3-13-6-4-5-7-15(13)17(22)20-8-9-23-14(11-20)10-19(2)12-16(18)21/h4-7,14H,3,8-12H2,1-2H3,(H2,18,21). The highest BCUT2D eigenvalue weighted by atomic mass is 16.5. The lowest BCUT2D eigenvalue weighted by molar-refractivity contribution is -0.119. The van der Waals surface area contributed by atoms with Crippen LogP contribution in [0.5, 0.6) is 0 Å². The highest BCUT2D eigenvalue weighted by molar-refractivity contribution is 5.95. The molecule has 1 aromatic carbocycles. The predicted molar refractivity (Wildman–Crippen MR) is 88.2 cm³/mol. The van der Waals surface area contributed by atoms with Crippen molar-refractivity contribution in [3.8, 4) is 0 Å². The fourth-order valence-corrected chi connectivity index (χ4v) is 2.90. The van der Waals surface area contributed by atoms with Gasteiger partial charge in [-0.25, -0.2) is 0 Å². The summed E-state index contributed by atoms with van der Waals surface area (Å²) in [5.41, 5.74) is 7.02. The number of nitrogens with two attached hydrogens (primary N) is 1. The van der Waals surface area contributed by atoms with Crippen molar-refractivity contribution in [2.45, 2.75) is 19.4 Å². The van der Waals surface area contributed by atoms with E-state index in [0.717, 1.165) is 17.5 Å². The van der Waals surface area contributed by atoms with Crippen LogP contribution in [0.25, 0.3) is 0 Å². The summed E-state index contributed by atoms with van der Waals surface area (Å²) in [5.74, 6) is -0.318. The molecule has 0 saturated carbocycles. The minimum Gasteiger partial charge on any atom is -0.373 e. The van der Waals surface area contributed by atoms with Crippen molar-refractivity contribution in [1.29, 1.82) is 0 Å². The lowest BCUT2D eigenvalue weighted by atomic mass is 10.0. The highest BCUT2D eigenvalue weighted by Crippen LogP contribution is 2.15. The first-order chi connectivity index (χ1) is 11.0. The molecule has 6 heteroatoms. The van der Waals surface area contributed by atoms with Crippen molar-refractivity contribution >= 4 is 11.8 Å². The number of carbonyl (C=O) groups is 2. The number of hydrogen-bond acceptors (Lipinski definition) is 4. The zero-order chi connectivity index (χ0) is 16.8. The summed E-state index contributed by atoms with van der Waals surface area (Å²) >= 11 is 0. The zero-order valence-corrected chi connectivity index (χ0v) is 13.8. The first-order valence-corrected chi connectivity index (χ1v) is 7.97. The number of aryl methyl sites for hydroxylation is 1. The Morgan fingerprint density at radius 2 is 2.13 bits per heavy atom. The average Bonchev–Trinajstić information content (AvgIpc) is 2.53. The largest absolute Gasteiger partial charge is 0.373 e. The van der Waals surface area contributed by atoms with Crippen molar-refractivity contribution in [1.82, 2.24) is 9.80 Å². The van der Waals surface area contributed by atoms with Gasteiger partial charge in [-0.05, 0) is 25.1 Å². The van der Waals surface area contributed by atoms with Gasteiger partial charge in [-0.2, -0.15) is 0 Å². The highest BCUT2D eigenvalue weighted by Gasteiger charge is 2.26. The number of ether oxygens (including phenoxy) is 1. The molecule has 1 saturated heterocycles. The maximum atomic E-state index is 12.8. The molecule has 1 aliphatic heterocycles. The number of amides is 2. The number of benzene rings is 1. The van der Waals surface area contributed by atoms with Crippen LogP contribution in [0.3, 0.4) is 0 Å². The zero-order valence-electron chi connectivity index (χ0n) is 13.8. The van der Waals surface area contributed by atoms with Gasteiger partial charge in [0.2, 0.25) is 5.91 Å². The second-order valence-corrected chi connectivity index (χ2v) is 5.92. The Balaban J connectivity index is 2.00. The first kappa shape index (κ1) is 17.4. The fourth-order valence-electron chi connectivity index (χ4n) is 2.90. The number of morpholine rings is 1. The van der Waals surface area contributed by atoms with E-state index in [-0.39, 0.29) is 24.5 Å². The molecule has 1 unspecified atom stereocenters. The van der Waals surface area contributed by atoms with Crippen LogP contribution in [-0.2, 0) is 16.0 Å². The van der Waals surface area contributed by atoms with E-state index in [1.54, 1.807) is 0 Å². The molecular formula is C17H25N3O3. The maximum absolute atomic E-state index is 12.8. The van der Waals surface area contributed by atoms with Crippen molar-refractivity contribution in [3.63, 3.8) is 0 Å². The smallest absolute Gasteiger partial charge is 0.254 e. The molecule has 1 atom stereocenters. The lowest BCUT2D eigenvalue weighted by Gasteiger charge is -2.35. The quantitative estimate of drug-likeness (QED) is 0.829. The number of likely N-dealkylation sites (N-methyl/N-ethyl adjacent to an activating group) is 1. The minimum absolute atomic E-state index is 0.0494. The molecule has 1 aliphatic rings. The number of hydrogen-bond donors (Lipinski definition) is 1. The second kappa shape index (κ2) is 8.08. The van der Waals surface area contributed by atoms with Crippen LogP contribution in [0.15, 0.2) is 24.3 Å². The van der Waals surface area contributed by atoms with Crippen molar-refractivity contribution in [2.75, 3.05) is 39.8 Å². The van der Waals surface area contributed by atoms with Gasteiger partial charge in [-0.15, -0.1) is 0 Å². The number of nitrogens with zero attached hydrogens (tertiary/aromatic N) is 2. The van der Waals surface area contributed by atoms with Crippen LogP contribution >= 0.6 is 0 Å². The van der Waals surface area contributed by atoms with Crippen molar-refractivity contribution < 1.29 is 14.3 Å². The van der Waals surface area contributed by atoms with E-state index >= 15 is 0 Å². The fraction of sp³-hybridized carbons (Fsp3) is 0.529. The Morgan fingerprint density at radius 1 is 1.39 bits per heavy atom. The predicted octanol–water partition coefficient (Wildman–Crippen LogP) is 0.507. The van der Waals surface area contributed by atoms with E-state index in [2.05, 4.69) is 0 Å². The van der Waals surface area contributed by atoms with E-state index in [1.807, 2.05) is 48.0 Å². The Labute approximate surface area is 137 Å². The van der Waals surface area contributed by atoms with Gasteiger partial charge in [-0.1, -0.05) is 25.1 Å². The van der Waals surface area contributed by atoms with Crippen LogP contribution in [0.1, 0.15) is 22.8 Å². The van der Waals surface area contributed by atoms with Crippen LogP contribution in [0.4, 0.5) is 0 Å². The molecule has 0 spiro atoms. The van der Waals surface area contributed by atoms with Gasteiger partial charge in [0.1, 0.15) is 0 Å². The van der Waals surface area contributed by atoms with E-state index < -0.39 is 0 Å². The van der Waals surface area contributed by atoms with Crippen LogP contribution in [0.2, 0.25) is 0 Å². The van der Waals surface area contributed by atoms with E-state index in [9.17, 15) is 9.59 Å². The van der Waals surface area contributed by atoms with E-state index in [4.69, 9.17) is 10.5 Å².